The molecule has 0 aromatic heterocycles. The Balaban J connectivity index is 2.15. The topological polar surface area (TPSA) is 29.5 Å². The summed E-state index contributed by atoms with van der Waals surface area (Å²) in [4.78, 5) is 0. The van der Waals surface area contributed by atoms with Gasteiger partial charge in [0.05, 0.1) is 11.1 Å². The summed E-state index contributed by atoms with van der Waals surface area (Å²) in [5.74, 6) is 1.70. The number of ether oxygens (including phenoxy) is 1. The maximum absolute atomic E-state index is 9.32. The Kier molecular flexibility index (Phi) is 5.07. The van der Waals surface area contributed by atoms with Gasteiger partial charge in [0.1, 0.15) is 11.5 Å². The molecule has 0 saturated heterocycles. The number of aromatic hydroxyl groups is 1. The minimum atomic E-state index is 0.279. The van der Waals surface area contributed by atoms with E-state index in [1.54, 1.807) is 12.1 Å². The van der Waals surface area contributed by atoms with Crippen molar-refractivity contribution in [1.29, 1.82) is 0 Å². The van der Waals surface area contributed by atoms with Crippen molar-refractivity contribution >= 4 is 15.9 Å². The second-order valence-corrected chi connectivity index (χ2v) is 5.87. The minimum absolute atomic E-state index is 0.279. The Morgan fingerprint density at radius 1 is 1.10 bits per heavy atom. The molecule has 106 valence electrons. The number of phenols is 1. The molecule has 2 nitrogen and oxygen atoms in total. The number of halogens is 1. The zero-order chi connectivity index (χ0) is 14.5. The van der Waals surface area contributed by atoms with E-state index in [9.17, 15) is 5.11 Å². The van der Waals surface area contributed by atoms with Crippen molar-refractivity contribution in [1.82, 2.24) is 0 Å². The molecule has 0 bridgehead atoms. The minimum Gasteiger partial charge on any atom is -0.508 e. The fraction of sp³-hybridized carbons (Fsp3) is 0.294. The average Bonchev–Trinajstić information content (AvgIpc) is 2.46. The molecule has 0 fully saturated rings. The van der Waals surface area contributed by atoms with Crippen LogP contribution in [0.1, 0.15) is 20.3 Å². The van der Waals surface area contributed by atoms with E-state index in [0.717, 1.165) is 34.4 Å². The fourth-order valence-corrected chi connectivity index (χ4v) is 2.29. The molecule has 0 aliphatic heterocycles. The molecule has 1 atom stereocenters. The highest BCUT2D eigenvalue weighted by Crippen LogP contribution is 2.31. The first-order chi connectivity index (χ1) is 9.60. The molecule has 0 saturated carbocycles. The van der Waals surface area contributed by atoms with Crippen LogP contribution in [-0.4, -0.2) is 11.7 Å². The number of hydrogen-bond donors (Lipinski definition) is 1. The van der Waals surface area contributed by atoms with Crippen LogP contribution in [0.5, 0.6) is 11.5 Å². The van der Waals surface area contributed by atoms with Crippen LogP contribution in [0.4, 0.5) is 0 Å². The van der Waals surface area contributed by atoms with Crippen molar-refractivity contribution < 1.29 is 9.84 Å². The van der Waals surface area contributed by atoms with Gasteiger partial charge in [-0.25, -0.2) is 0 Å². The van der Waals surface area contributed by atoms with Gasteiger partial charge in [-0.15, -0.1) is 0 Å². The number of phenolic OH excluding ortho intramolecular Hbond substituents is 1. The maximum Gasteiger partial charge on any atom is 0.133 e. The summed E-state index contributed by atoms with van der Waals surface area (Å²) in [5.41, 5.74) is 2.16. The predicted octanol–water partition coefficient (Wildman–Crippen LogP) is 5.25. The summed E-state index contributed by atoms with van der Waals surface area (Å²) >= 11 is 3.56. The van der Waals surface area contributed by atoms with Crippen LogP contribution in [0.25, 0.3) is 11.1 Å². The molecule has 0 spiro atoms. The first-order valence-corrected chi connectivity index (χ1v) is 7.61. The molecule has 2 aromatic rings. The zero-order valence-electron chi connectivity index (χ0n) is 11.8. The Morgan fingerprint density at radius 3 is 2.35 bits per heavy atom. The van der Waals surface area contributed by atoms with Crippen molar-refractivity contribution in [2.45, 2.75) is 20.3 Å². The molecule has 1 N–H and O–H groups in total. The Bertz CT molecular complexity index is 564. The number of hydrogen-bond acceptors (Lipinski definition) is 2. The van der Waals surface area contributed by atoms with E-state index in [-0.39, 0.29) is 5.75 Å². The van der Waals surface area contributed by atoms with E-state index in [1.165, 1.54) is 0 Å². The lowest BCUT2D eigenvalue weighted by Gasteiger charge is -2.13. The lowest BCUT2D eigenvalue weighted by atomic mass is 10.1. The molecule has 20 heavy (non-hydrogen) atoms. The van der Waals surface area contributed by atoms with E-state index in [2.05, 4.69) is 29.8 Å². The first-order valence-electron chi connectivity index (χ1n) is 6.82. The number of benzene rings is 2. The van der Waals surface area contributed by atoms with Gasteiger partial charge in [-0.2, -0.15) is 0 Å². The fourth-order valence-electron chi connectivity index (χ4n) is 1.80. The normalized spacial score (nSPS) is 12.2. The summed E-state index contributed by atoms with van der Waals surface area (Å²) in [5, 5.41) is 9.32. The van der Waals surface area contributed by atoms with Gasteiger partial charge >= 0.3 is 0 Å². The molecular formula is C17H19BrO2. The summed E-state index contributed by atoms with van der Waals surface area (Å²) in [6.07, 6.45) is 1.11. The van der Waals surface area contributed by atoms with E-state index in [1.807, 2.05) is 30.3 Å². The number of rotatable bonds is 5. The summed E-state index contributed by atoms with van der Waals surface area (Å²) in [6.45, 7) is 5.07. The van der Waals surface area contributed by atoms with Gasteiger partial charge in [0, 0.05) is 0 Å². The summed E-state index contributed by atoms with van der Waals surface area (Å²) in [6, 6.07) is 13.2. The molecule has 3 heteroatoms. The SMILES string of the molecule is CCC(C)COc1ccc(-c2ccc(O)cc2)cc1Br. The van der Waals surface area contributed by atoms with Crippen LogP contribution < -0.4 is 4.74 Å². The van der Waals surface area contributed by atoms with Crippen molar-refractivity contribution in [2.75, 3.05) is 6.61 Å². The van der Waals surface area contributed by atoms with Gasteiger partial charge < -0.3 is 9.84 Å². The lowest BCUT2D eigenvalue weighted by Crippen LogP contribution is -2.07. The molecule has 0 heterocycles. The summed E-state index contributed by atoms with van der Waals surface area (Å²) in [7, 11) is 0. The molecule has 1 unspecified atom stereocenters. The third-order valence-electron chi connectivity index (χ3n) is 3.35. The molecule has 0 aliphatic rings. The van der Waals surface area contributed by atoms with Crippen LogP contribution >= 0.6 is 15.9 Å². The van der Waals surface area contributed by atoms with Gasteiger partial charge in [-0.05, 0) is 57.2 Å². The Hall–Kier alpha value is -1.48. The van der Waals surface area contributed by atoms with Crippen molar-refractivity contribution in [3.05, 3.63) is 46.9 Å². The second-order valence-electron chi connectivity index (χ2n) is 5.02. The van der Waals surface area contributed by atoms with Gasteiger partial charge in [-0.1, -0.05) is 38.5 Å². The van der Waals surface area contributed by atoms with Crippen LogP contribution in [0.2, 0.25) is 0 Å². The first kappa shape index (κ1) is 14.9. The van der Waals surface area contributed by atoms with Crippen molar-refractivity contribution in [3.63, 3.8) is 0 Å². The van der Waals surface area contributed by atoms with Crippen LogP contribution in [0, 0.1) is 5.92 Å². The lowest BCUT2D eigenvalue weighted by molar-refractivity contribution is 0.255. The third-order valence-corrected chi connectivity index (χ3v) is 3.97. The van der Waals surface area contributed by atoms with E-state index in [0.29, 0.717) is 5.92 Å². The van der Waals surface area contributed by atoms with Gasteiger partial charge in [0.15, 0.2) is 0 Å². The van der Waals surface area contributed by atoms with Crippen LogP contribution in [0.15, 0.2) is 46.9 Å². The second kappa shape index (κ2) is 6.80. The quantitative estimate of drug-likeness (QED) is 0.809. The van der Waals surface area contributed by atoms with Crippen LogP contribution in [-0.2, 0) is 0 Å². The van der Waals surface area contributed by atoms with Crippen molar-refractivity contribution in [3.8, 4) is 22.6 Å². The van der Waals surface area contributed by atoms with Crippen LogP contribution in [0.3, 0.4) is 0 Å². The van der Waals surface area contributed by atoms with Gasteiger partial charge in [0.2, 0.25) is 0 Å². The highest BCUT2D eigenvalue weighted by molar-refractivity contribution is 9.10. The molecule has 2 rings (SSSR count). The highest BCUT2D eigenvalue weighted by atomic mass is 79.9. The molecular weight excluding hydrogens is 316 g/mol. The third kappa shape index (κ3) is 3.76. The highest BCUT2D eigenvalue weighted by Gasteiger charge is 2.06. The van der Waals surface area contributed by atoms with E-state index < -0.39 is 0 Å². The molecule has 0 amide bonds. The Morgan fingerprint density at radius 2 is 1.75 bits per heavy atom. The largest absolute Gasteiger partial charge is 0.508 e. The average molecular weight is 335 g/mol. The van der Waals surface area contributed by atoms with E-state index >= 15 is 0 Å². The van der Waals surface area contributed by atoms with Gasteiger partial charge in [0.25, 0.3) is 0 Å². The maximum atomic E-state index is 9.32. The zero-order valence-corrected chi connectivity index (χ0v) is 13.4. The molecule has 2 aromatic carbocycles. The standard InChI is InChI=1S/C17H19BrO2/c1-3-12(2)11-20-17-9-6-14(10-16(17)18)13-4-7-15(19)8-5-13/h4-10,12,19H,3,11H2,1-2H3. The summed E-state index contributed by atoms with van der Waals surface area (Å²) < 4.78 is 6.76. The molecule has 0 radical (unpaired) electrons. The van der Waals surface area contributed by atoms with E-state index in [4.69, 9.17) is 4.74 Å². The monoisotopic (exact) mass is 334 g/mol. The van der Waals surface area contributed by atoms with Gasteiger partial charge in [-0.3, -0.25) is 0 Å². The Labute approximate surface area is 128 Å². The predicted molar refractivity (Wildman–Crippen MR) is 86.2 cm³/mol. The van der Waals surface area contributed by atoms with Crippen molar-refractivity contribution in [2.24, 2.45) is 5.92 Å². The smallest absolute Gasteiger partial charge is 0.133 e. The molecule has 0 aliphatic carbocycles.